The Hall–Kier alpha value is -1.25. The highest BCUT2D eigenvalue weighted by molar-refractivity contribution is 5.50. The fourth-order valence-electron chi connectivity index (χ4n) is 1.79. The molecule has 0 radical (unpaired) electrons. The van der Waals surface area contributed by atoms with Crippen LogP contribution in [0.5, 0.6) is 0 Å². The van der Waals surface area contributed by atoms with Crippen molar-refractivity contribution in [1.29, 1.82) is 0 Å². The molecule has 0 aliphatic carbocycles. The molecule has 0 amide bonds. The summed E-state index contributed by atoms with van der Waals surface area (Å²) in [6, 6.07) is 2.01. The largest absolute Gasteiger partial charge is 0.397 e. The number of nitrogens with zero attached hydrogens (tertiary/aromatic N) is 1. The van der Waals surface area contributed by atoms with E-state index in [0.717, 1.165) is 23.6 Å². The minimum Gasteiger partial charge on any atom is -0.397 e. The van der Waals surface area contributed by atoms with E-state index >= 15 is 0 Å². The summed E-state index contributed by atoms with van der Waals surface area (Å²) < 4.78 is 0. The van der Waals surface area contributed by atoms with Gasteiger partial charge in [-0.2, -0.15) is 0 Å². The van der Waals surface area contributed by atoms with Gasteiger partial charge < -0.3 is 11.1 Å². The highest BCUT2D eigenvalue weighted by Crippen LogP contribution is 2.13. The number of rotatable bonds is 8. The minimum atomic E-state index is 0.759. The van der Waals surface area contributed by atoms with E-state index < -0.39 is 0 Å². The monoisotopic (exact) mass is 235 g/mol. The second-order valence-corrected chi connectivity index (χ2v) is 4.62. The molecule has 3 nitrogen and oxygen atoms in total. The second kappa shape index (κ2) is 7.93. The molecule has 17 heavy (non-hydrogen) atoms. The Morgan fingerprint density at radius 3 is 2.59 bits per heavy atom. The molecule has 0 saturated heterocycles. The SMILES string of the molecule is CCCCCCCCNc1cc(C)c(N)cn1. The lowest BCUT2D eigenvalue weighted by Gasteiger charge is -2.07. The minimum absolute atomic E-state index is 0.759. The molecule has 1 heterocycles. The van der Waals surface area contributed by atoms with Gasteiger partial charge in [0.05, 0.1) is 11.9 Å². The van der Waals surface area contributed by atoms with Crippen molar-refractivity contribution in [3.05, 3.63) is 17.8 Å². The average Bonchev–Trinajstić information content (AvgIpc) is 2.32. The van der Waals surface area contributed by atoms with Crippen molar-refractivity contribution in [2.45, 2.75) is 52.4 Å². The van der Waals surface area contributed by atoms with Crippen molar-refractivity contribution in [2.75, 3.05) is 17.6 Å². The van der Waals surface area contributed by atoms with Gasteiger partial charge in [-0.1, -0.05) is 39.0 Å². The third-order valence-corrected chi connectivity index (χ3v) is 2.99. The molecule has 0 saturated carbocycles. The number of hydrogen-bond donors (Lipinski definition) is 2. The van der Waals surface area contributed by atoms with E-state index in [1.54, 1.807) is 6.20 Å². The van der Waals surface area contributed by atoms with E-state index in [1.165, 1.54) is 38.5 Å². The van der Waals surface area contributed by atoms with Crippen LogP contribution in [0.3, 0.4) is 0 Å². The first kappa shape index (κ1) is 13.8. The van der Waals surface area contributed by atoms with Gasteiger partial charge in [-0.05, 0) is 25.0 Å². The summed E-state index contributed by atoms with van der Waals surface area (Å²) in [7, 11) is 0. The Labute approximate surface area is 105 Å². The maximum atomic E-state index is 5.72. The molecule has 1 aromatic rings. The molecule has 1 rings (SSSR count). The van der Waals surface area contributed by atoms with E-state index in [1.807, 2.05) is 13.0 Å². The van der Waals surface area contributed by atoms with Crippen molar-refractivity contribution in [3.63, 3.8) is 0 Å². The topological polar surface area (TPSA) is 50.9 Å². The first-order chi connectivity index (χ1) is 8.24. The van der Waals surface area contributed by atoms with Gasteiger partial charge in [0.25, 0.3) is 0 Å². The summed E-state index contributed by atoms with van der Waals surface area (Å²) in [6.07, 6.45) is 9.65. The van der Waals surface area contributed by atoms with E-state index in [2.05, 4.69) is 17.2 Å². The molecule has 3 N–H and O–H groups in total. The van der Waals surface area contributed by atoms with E-state index in [4.69, 9.17) is 5.73 Å². The zero-order chi connectivity index (χ0) is 12.5. The summed E-state index contributed by atoms with van der Waals surface area (Å²) in [4.78, 5) is 4.25. The fourth-order valence-corrected chi connectivity index (χ4v) is 1.79. The van der Waals surface area contributed by atoms with Crippen LogP contribution in [0, 0.1) is 6.92 Å². The lowest BCUT2D eigenvalue weighted by atomic mass is 10.1. The van der Waals surface area contributed by atoms with Crippen LogP contribution in [0.25, 0.3) is 0 Å². The van der Waals surface area contributed by atoms with Crippen LogP contribution in [-0.4, -0.2) is 11.5 Å². The van der Waals surface area contributed by atoms with Crippen LogP contribution in [0.4, 0.5) is 11.5 Å². The molecule has 0 unspecified atom stereocenters. The standard InChI is InChI=1S/C14H25N3/c1-3-4-5-6-7-8-9-16-14-10-12(2)13(15)11-17-14/h10-11H,3-9,15H2,1-2H3,(H,16,17). The van der Waals surface area contributed by atoms with Gasteiger partial charge in [0.15, 0.2) is 0 Å². The quantitative estimate of drug-likeness (QED) is 0.675. The van der Waals surface area contributed by atoms with Gasteiger partial charge >= 0.3 is 0 Å². The zero-order valence-corrected chi connectivity index (χ0v) is 11.1. The molecule has 0 spiro atoms. The molecule has 0 fully saturated rings. The van der Waals surface area contributed by atoms with Crippen LogP contribution >= 0.6 is 0 Å². The molecule has 0 aliphatic heterocycles. The van der Waals surface area contributed by atoms with E-state index in [-0.39, 0.29) is 0 Å². The highest BCUT2D eigenvalue weighted by atomic mass is 15.0. The maximum absolute atomic E-state index is 5.72. The van der Waals surface area contributed by atoms with Crippen LogP contribution < -0.4 is 11.1 Å². The summed E-state index contributed by atoms with van der Waals surface area (Å²) in [5.74, 6) is 0.935. The Balaban J connectivity index is 2.11. The third kappa shape index (κ3) is 5.57. The van der Waals surface area contributed by atoms with Crippen LogP contribution in [0.1, 0.15) is 51.0 Å². The summed E-state index contributed by atoms with van der Waals surface area (Å²) in [5.41, 5.74) is 7.57. The van der Waals surface area contributed by atoms with Crippen molar-refractivity contribution in [1.82, 2.24) is 4.98 Å². The second-order valence-electron chi connectivity index (χ2n) is 4.62. The van der Waals surface area contributed by atoms with Crippen molar-refractivity contribution < 1.29 is 0 Å². The zero-order valence-electron chi connectivity index (χ0n) is 11.1. The van der Waals surface area contributed by atoms with Gasteiger partial charge in [-0.15, -0.1) is 0 Å². The number of anilines is 2. The molecular formula is C14H25N3. The summed E-state index contributed by atoms with van der Waals surface area (Å²) in [5, 5.41) is 3.34. The summed E-state index contributed by atoms with van der Waals surface area (Å²) in [6.45, 7) is 5.26. The number of nitrogens with two attached hydrogens (primary N) is 1. The number of pyridine rings is 1. The number of nitrogen functional groups attached to an aromatic ring is 1. The number of hydrogen-bond acceptors (Lipinski definition) is 3. The first-order valence-electron chi connectivity index (χ1n) is 6.70. The molecule has 0 aliphatic rings. The Morgan fingerprint density at radius 1 is 1.18 bits per heavy atom. The van der Waals surface area contributed by atoms with E-state index in [0.29, 0.717) is 0 Å². The van der Waals surface area contributed by atoms with Gasteiger partial charge in [-0.25, -0.2) is 4.98 Å². The maximum Gasteiger partial charge on any atom is 0.126 e. The smallest absolute Gasteiger partial charge is 0.126 e. The molecule has 3 heteroatoms. The first-order valence-corrected chi connectivity index (χ1v) is 6.70. The van der Waals surface area contributed by atoms with Crippen LogP contribution in [0.15, 0.2) is 12.3 Å². The molecule has 1 aromatic heterocycles. The molecule has 0 aromatic carbocycles. The lowest BCUT2D eigenvalue weighted by molar-refractivity contribution is 0.617. The Bertz CT molecular complexity index is 323. The average molecular weight is 235 g/mol. The highest BCUT2D eigenvalue weighted by Gasteiger charge is 1.97. The number of nitrogens with one attached hydrogen (secondary N) is 1. The normalized spacial score (nSPS) is 10.5. The van der Waals surface area contributed by atoms with Gasteiger partial charge in [0, 0.05) is 6.54 Å². The predicted molar refractivity (Wildman–Crippen MR) is 75.3 cm³/mol. The third-order valence-electron chi connectivity index (χ3n) is 2.99. The molecular weight excluding hydrogens is 210 g/mol. The Morgan fingerprint density at radius 2 is 1.88 bits per heavy atom. The van der Waals surface area contributed by atoms with E-state index in [9.17, 15) is 0 Å². The molecule has 0 bridgehead atoms. The number of unbranched alkanes of at least 4 members (excludes halogenated alkanes) is 5. The number of aryl methyl sites for hydroxylation is 1. The predicted octanol–water partition coefficient (Wildman–Crippen LogP) is 3.74. The van der Waals surface area contributed by atoms with Crippen molar-refractivity contribution >= 4 is 11.5 Å². The lowest BCUT2D eigenvalue weighted by Crippen LogP contribution is -2.04. The van der Waals surface area contributed by atoms with Crippen LogP contribution in [-0.2, 0) is 0 Å². The summed E-state index contributed by atoms with van der Waals surface area (Å²) >= 11 is 0. The van der Waals surface area contributed by atoms with Crippen molar-refractivity contribution in [2.24, 2.45) is 0 Å². The van der Waals surface area contributed by atoms with Crippen molar-refractivity contribution in [3.8, 4) is 0 Å². The van der Waals surface area contributed by atoms with Gasteiger partial charge in [-0.3, -0.25) is 0 Å². The van der Waals surface area contributed by atoms with Gasteiger partial charge in [0.1, 0.15) is 5.82 Å². The van der Waals surface area contributed by atoms with Crippen LogP contribution in [0.2, 0.25) is 0 Å². The number of aromatic nitrogens is 1. The molecule has 0 atom stereocenters. The molecule has 96 valence electrons. The Kier molecular flexibility index (Phi) is 6.45. The van der Waals surface area contributed by atoms with Gasteiger partial charge in [0.2, 0.25) is 0 Å². The fraction of sp³-hybridized carbons (Fsp3) is 0.643.